The Morgan fingerprint density at radius 1 is 0.731 bits per heavy atom. The van der Waals surface area contributed by atoms with E-state index in [2.05, 4.69) is 44.2 Å². The lowest BCUT2D eigenvalue weighted by Gasteiger charge is -2.06. The van der Waals surface area contributed by atoms with Crippen molar-refractivity contribution in [2.24, 2.45) is 0 Å². The Hall–Kier alpha value is -2.32. The number of nitrogen functional groups attached to an aromatic ring is 2. The number of thioether (sulfide) groups is 2. The Bertz CT molecular complexity index is 805. The molecule has 0 saturated carbocycles. The first-order valence-electron chi connectivity index (χ1n) is 8.03. The average molecular weight is 385 g/mol. The molecule has 0 atom stereocenters. The van der Waals surface area contributed by atoms with Crippen LogP contribution in [0.4, 0.5) is 11.6 Å². The van der Waals surface area contributed by atoms with E-state index in [0.29, 0.717) is 21.9 Å². The van der Waals surface area contributed by atoms with Gasteiger partial charge in [0.05, 0.1) is 0 Å². The van der Waals surface area contributed by atoms with E-state index in [0.717, 1.165) is 22.9 Å². The van der Waals surface area contributed by atoms with Crippen molar-refractivity contribution in [1.29, 1.82) is 0 Å². The molecule has 0 amide bonds. The molecule has 3 rings (SSSR count). The first-order valence-corrected chi connectivity index (χ1v) is 10.0. The highest BCUT2D eigenvalue weighted by Gasteiger charge is 2.05. The summed E-state index contributed by atoms with van der Waals surface area (Å²) in [6.07, 6.45) is 0. The number of nitrogens with two attached hydrogens (primary N) is 2. The largest absolute Gasteiger partial charge is 0.384 e. The van der Waals surface area contributed by atoms with Gasteiger partial charge in [-0.25, -0.2) is 19.9 Å². The van der Waals surface area contributed by atoms with Gasteiger partial charge >= 0.3 is 0 Å². The van der Waals surface area contributed by atoms with Crippen molar-refractivity contribution >= 4 is 35.2 Å². The van der Waals surface area contributed by atoms with Crippen LogP contribution < -0.4 is 11.5 Å². The van der Waals surface area contributed by atoms with Gasteiger partial charge in [0.1, 0.15) is 11.6 Å². The molecule has 0 bridgehead atoms. The van der Waals surface area contributed by atoms with E-state index >= 15 is 0 Å². The average Bonchev–Trinajstić information content (AvgIpc) is 2.57. The summed E-state index contributed by atoms with van der Waals surface area (Å²) in [5, 5.41) is 1.40. The van der Waals surface area contributed by atoms with Gasteiger partial charge in [-0.2, -0.15) is 0 Å². The van der Waals surface area contributed by atoms with Gasteiger partial charge in [-0.1, -0.05) is 47.8 Å². The lowest BCUT2D eigenvalue weighted by Crippen LogP contribution is -1.97. The standard InChI is InChI=1S/C18H20N6S2/c1-11-6-15(19)23-17(21-11)25-9-13-4-3-5-14(8-13)10-26-18-22-12(2)7-16(20)24-18/h3-8H,9-10H2,1-2H3,(H2,19,21,23)(H2,20,22,24). The molecule has 8 heteroatoms. The summed E-state index contributed by atoms with van der Waals surface area (Å²) in [5.41, 5.74) is 15.7. The van der Waals surface area contributed by atoms with E-state index in [1.807, 2.05) is 13.8 Å². The number of benzene rings is 1. The van der Waals surface area contributed by atoms with E-state index in [-0.39, 0.29) is 0 Å². The van der Waals surface area contributed by atoms with Crippen LogP contribution in [0.5, 0.6) is 0 Å². The molecule has 0 saturated heterocycles. The predicted molar refractivity (Wildman–Crippen MR) is 108 cm³/mol. The molecule has 4 N–H and O–H groups in total. The fraction of sp³-hybridized carbons (Fsp3) is 0.222. The van der Waals surface area contributed by atoms with Crippen molar-refractivity contribution in [2.45, 2.75) is 35.7 Å². The van der Waals surface area contributed by atoms with E-state index in [9.17, 15) is 0 Å². The highest BCUT2D eigenvalue weighted by atomic mass is 32.2. The molecule has 26 heavy (non-hydrogen) atoms. The summed E-state index contributed by atoms with van der Waals surface area (Å²) >= 11 is 3.16. The zero-order valence-electron chi connectivity index (χ0n) is 14.6. The fourth-order valence-electron chi connectivity index (χ4n) is 2.36. The van der Waals surface area contributed by atoms with Crippen LogP contribution >= 0.6 is 23.5 Å². The Kier molecular flexibility index (Phi) is 5.95. The summed E-state index contributed by atoms with van der Waals surface area (Å²) < 4.78 is 0. The van der Waals surface area contributed by atoms with Crippen LogP contribution in [-0.2, 0) is 11.5 Å². The van der Waals surface area contributed by atoms with Crippen LogP contribution in [0.15, 0.2) is 46.7 Å². The number of nitrogens with zero attached hydrogens (tertiary/aromatic N) is 4. The molecular formula is C18H20N6S2. The molecule has 0 spiro atoms. The Balaban J connectivity index is 1.62. The van der Waals surface area contributed by atoms with Crippen molar-refractivity contribution in [2.75, 3.05) is 11.5 Å². The van der Waals surface area contributed by atoms with Crippen LogP contribution in [0.3, 0.4) is 0 Å². The van der Waals surface area contributed by atoms with Crippen LogP contribution in [-0.4, -0.2) is 19.9 Å². The van der Waals surface area contributed by atoms with E-state index < -0.39 is 0 Å². The predicted octanol–water partition coefficient (Wildman–Crippen LogP) is 3.63. The highest BCUT2D eigenvalue weighted by Crippen LogP contribution is 2.24. The third-order valence-electron chi connectivity index (χ3n) is 3.43. The second-order valence-electron chi connectivity index (χ2n) is 5.83. The second kappa shape index (κ2) is 8.37. The number of hydrogen-bond acceptors (Lipinski definition) is 8. The van der Waals surface area contributed by atoms with Gasteiger partial charge < -0.3 is 11.5 Å². The maximum Gasteiger partial charge on any atom is 0.190 e. The van der Waals surface area contributed by atoms with Gasteiger partial charge in [0, 0.05) is 35.0 Å². The summed E-state index contributed by atoms with van der Waals surface area (Å²) in [5.74, 6) is 2.58. The lowest BCUT2D eigenvalue weighted by molar-refractivity contribution is 0.939. The number of anilines is 2. The monoisotopic (exact) mass is 384 g/mol. The molecule has 2 heterocycles. The zero-order chi connectivity index (χ0) is 18.5. The van der Waals surface area contributed by atoms with Crippen LogP contribution in [0, 0.1) is 13.8 Å². The van der Waals surface area contributed by atoms with E-state index in [4.69, 9.17) is 11.5 Å². The minimum absolute atomic E-state index is 0.502. The quantitative estimate of drug-likeness (QED) is 0.490. The number of hydrogen-bond donors (Lipinski definition) is 2. The van der Waals surface area contributed by atoms with Gasteiger partial charge in [-0.05, 0) is 25.0 Å². The summed E-state index contributed by atoms with van der Waals surface area (Å²) in [6.45, 7) is 3.83. The Labute approximate surface area is 161 Å². The Morgan fingerprint density at radius 2 is 1.19 bits per heavy atom. The topological polar surface area (TPSA) is 104 Å². The number of aryl methyl sites for hydroxylation is 2. The van der Waals surface area contributed by atoms with Gasteiger partial charge in [-0.15, -0.1) is 0 Å². The van der Waals surface area contributed by atoms with Crippen molar-refractivity contribution in [1.82, 2.24) is 19.9 Å². The van der Waals surface area contributed by atoms with Gasteiger partial charge in [0.15, 0.2) is 10.3 Å². The van der Waals surface area contributed by atoms with Gasteiger partial charge in [0.25, 0.3) is 0 Å². The minimum Gasteiger partial charge on any atom is -0.384 e. The SMILES string of the molecule is Cc1cc(N)nc(SCc2cccc(CSc3nc(C)cc(N)n3)c2)n1. The third-order valence-corrected chi connectivity index (χ3v) is 5.27. The van der Waals surface area contributed by atoms with Crippen molar-refractivity contribution < 1.29 is 0 Å². The Morgan fingerprint density at radius 3 is 1.62 bits per heavy atom. The highest BCUT2D eigenvalue weighted by molar-refractivity contribution is 7.98. The summed E-state index contributed by atoms with van der Waals surface area (Å²) in [7, 11) is 0. The molecule has 6 nitrogen and oxygen atoms in total. The fourth-order valence-corrected chi connectivity index (χ4v) is 4.07. The summed E-state index contributed by atoms with van der Waals surface area (Å²) in [6, 6.07) is 12.0. The molecule has 1 aromatic carbocycles. The minimum atomic E-state index is 0.502. The van der Waals surface area contributed by atoms with E-state index in [1.165, 1.54) is 11.1 Å². The van der Waals surface area contributed by atoms with Crippen molar-refractivity contribution in [3.8, 4) is 0 Å². The maximum atomic E-state index is 5.78. The molecule has 3 aromatic rings. The van der Waals surface area contributed by atoms with E-state index in [1.54, 1.807) is 35.7 Å². The molecule has 0 aliphatic rings. The van der Waals surface area contributed by atoms with Gasteiger partial charge in [-0.3, -0.25) is 0 Å². The normalized spacial score (nSPS) is 10.8. The number of rotatable bonds is 6. The first kappa shape index (κ1) is 18.5. The lowest BCUT2D eigenvalue weighted by atomic mass is 10.2. The molecule has 134 valence electrons. The molecule has 2 aromatic heterocycles. The maximum absolute atomic E-state index is 5.78. The summed E-state index contributed by atoms with van der Waals surface area (Å²) in [4.78, 5) is 17.3. The van der Waals surface area contributed by atoms with Crippen molar-refractivity contribution in [3.05, 3.63) is 58.9 Å². The third kappa shape index (κ3) is 5.34. The molecule has 0 aliphatic carbocycles. The first-order chi connectivity index (χ1) is 12.5. The molecule has 0 radical (unpaired) electrons. The zero-order valence-corrected chi connectivity index (χ0v) is 16.3. The molecule has 0 fully saturated rings. The van der Waals surface area contributed by atoms with Crippen LogP contribution in [0.25, 0.3) is 0 Å². The van der Waals surface area contributed by atoms with Crippen LogP contribution in [0.2, 0.25) is 0 Å². The molecule has 0 unspecified atom stereocenters. The smallest absolute Gasteiger partial charge is 0.190 e. The van der Waals surface area contributed by atoms with Crippen LogP contribution in [0.1, 0.15) is 22.5 Å². The second-order valence-corrected chi connectivity index (χ2v) is 7.72. The molecular weight excluding hydrogens is 364 g/mol. The van der Waals surface area contributed by atoms with Gasteiger partial charge in [0.2, 0.25) is 0 Å². The molecule has 0 aliphatic heterocycles. The number of aromatic nitrogens is 4. The van der Waals surface area contributed by atoms with Crippen molar-refractivity contribution in [3.63, 3.8) is 0 Å².